The number of carbonyl (C=O) groups is 1. The van der Waals surface area contributed by atoms with Gasteiger partial charge in [-0.2, -0.15) is 0 Å². The molecule has 0 saturated heterocycles. The third-order valence-electron chi connectivity index (χ3n) is 3.74. The molecule has 2 aromatic carbocycles. The van der Waals surface area contributed by atoms with E-state index >= 15 is 0 Å². The fraction of sp³-hybridized carbons (Fsp3) is 0.211. The van der Waals surface area contributed by atoms with Gasteiger partial charge in [-0.15, -0.1) is 10.2 Å². The monoisotopic (exact) mass is 353 g/mol. The highest BCUT2D eigenvalue weighted by Crippen LogP contribution is 2.27. The zero-order chi connectivity index (χ0) is 18.4. The van der Waals surface area contributed by atoms with Gasteiger partial charge in [0.15, 0.2) is 11.5 Å². The Morgan fingerprint density at radius 3 is 2.54 bits per heavy atom. The van der Waals surface area contributed by atoms with Crippen molar-refractivity contribution in [3.8, 4) is 23.0 Å². The summed E-state index contributed by atoms with van der Waals surface area (Å²) in [7, 11) is 3.12. The quantitative estimate of drug-likeness (QED) is 0.703. The lowest BCUT2D eigenvalue weighted by Gasteiger charge is -2.09. The van der Waals surface area contributed by atoms with Gasteiger partial charge in [-0.1, -0.05) is 24.3 Å². The first-order chi connectivity index (χ1) is 12.7. The maximum atomic E-state index is 12.1. The van der Waals surface area contributed by atoms with Gasteiger partial charge in [0.25, 0.3) is 0 Å². The summed E-state index contributed by atoms with van der Waals surface area (Å²) in [6.07, 6.45) is 0.208. The van der Waals surface area contributed by atoms with Gasteiger partial charge in [0.2, 0.25) is 17.7 Å². The van der Waals surface area contributed by atoms with Crippen molar-refractivity contribution in [1.29, 1.82) is 0 Å². The number of hydrogen-bond acceptors (Lipinski definition) is 6. The molecule has 1 heterocycles. The highest BCUT2D eigenvalue weighted by Gasteiger charge is 2.11. The first kappa shape index (κ1) is 17.5. The normalized spacial score (nSPS) is 10.4. The van der Waals surface area contributed by atoms with Gasteiger partial charge in [-0.3, -0.25) is 4.79 Å². The number of nitrogens with one attached hydrogen (secondary N) is 1. The first-order valence-electron chi connectivity index (χ1n) is 8.05. The van der Waals surface area contributed by atoms with Gasteiger partial charge >= 0.3 is 0 Å². The molecule has 7 heteroatoms. The van der Waals surface area contributed by atoms with Crippen molar-refractivity contribution in [2.45, 2.75) is 13.0 Å². The smallest absolute Gasteiger partial charge is 0.247 e. The molecule has 0 aliphatic heterocycles. The molecule has 0 bridgehead atoms. The molecule has 1 aromatic heterocycles. The number of rotatable bonds is 7. The van der Waals surface area contributed by atoms with Crippen molar-refractivity contribution in [2.24, 2.45) is 0 Å². The molecule has 26 heavy (non-hydrogen) atoms. The van der Waals surface area contributed by atoms with E-state index in [1.165, 1.54) is 0 Å². The Hall–Kier alpha value is -3.35. The molecule has 0 fully saturated rings. The molecule has 0 unspecified atom stereocenters. The highest BCUT2D eigenvalue weighted by molar-refractivity contribution is 5.78. The summed E-state index contributed by atoms with van der Waals surface area (Å²) in [5.74, 6) is 1.83. The summed E-state index contributed by atoms with van der Waals surface area (Å²) in [4.78, 5) is 12.1. The van der Waals surface area contributed by atoms with E-state index in [0.717, 1.165) is 11.1 Å². The van der Waals surface area contributed by atoms with E-state index in [0.29, 0.717) is 23.3 Å². The minimum atomic E-state index is -0.156. The maximum absolute atomic E-state index is 12.1. The van der Waals surface area contributed by atoms with Crippen molar-refractivity contribution >= 4 is 5.91 Å². The van der Waals surface area contributed by atoms with Gasteiger partial charge in [-0.25, -0.2) is 0 Å². The van der Waals surface area contributed by atoms with Gasteiger partial charge in [0, 0.05) is 5.56 Å². The zero-order valence-electron chi connectivity index (χ0n) is 14.6. The number of nitrogens with zero attached hydrogens (tertiary/aromatic N) is 2. The van der Waals surface area contributed by atoms with E-state index in [-0.39, 0.29) is 18.9 Å². The average Bonchev–Trinajstić information content (AvgIpc) is 3.16. The lowest BCUT2D eigenvalue weighted by atomic mass is 10.1. The Kier molecular flexibility index (Phi) is 5.48. The van der Waals surface area contributed by atoms with E-state index in [1.807, 2.05) is 36.4 Å². The van der Waals surface area contributed by atoms with E-state index in [2.05, 4.69) is 15.5 Å². The second-order valence-electron chi connectivity index (χ2n) is 5.51. The topological polar surface area (TPSA) is 86.5 Å². The molecule has 134 valence electrons. The summed E-state index contributed by atoms with van der Waals surface area (Å²) in [5.41, 5.74) is 1.65. The fourth-order valence-electron chi connectivity index (χ4n) is 2.44. The lowest BCUT2D eigenvalue weighted by Crippen LogP contribution is -2.24. The van der Waals surface area contributed by atoms with Crippen molar-refractivity contribution in [2.75, 3.05) is 14.2 Å². The summed E-state index contributed by atoms with van der Waals surface area (Å²) in [6.45, 7) is 0.173. The van der Waals surface area contributed by atoms with Gasteiger partial charge in [-0.05, 0) is 29.8 Å². The van der Waals surface area contributed by atoms with Crippen molar-refractivity contribution in [1.82, 2.24) is 15.5 Å². The van der Waals surface area contributed by atoms with Gasteiger partial charge < -0.3 is 19.2 Å². The van der Waals surface area contributed by atoms with Crippen LogP contribution in [0.5, 0.6) is 11.5 Å². The molecule has 0 aliphatic carbocycles. The number of benzene rings is 2. The summed E-state index contributed by atoms with van der Waals surface area (Å²) >= 11 is 0. The molecule has 1 amide bonds. The van der Waals surface area contributed by atoms with Crippen molar-refractivity contribution in [3.63, 3.8) is 0 Å². The summed E-state index contributed by atoms with van der Waals surface area (Å²) in [5, 5.41) is 10.7. The van der Waals surface area contributed by atoms with Crippen LogP contribution < -0.4 is 14.8 Å². The molecule has 0 radical (unpaired) electrons. The molecule has 3 aromatic rings. The van der Waals surface area contributed by atoms with Crippen LogP contribution in [0, 0.1) is 0 Å². The minimum Gasteiger partial charge on any atom is -0.493 e. The van der Waals surface area contributed by atoms with Crippen LogP contribution in [-0.4, -0.2) is 30.3 Å². The van der Waals surface area contributed by atoms with E-state index in [1.54, 1.807) is 26.4 Å². The Bertz CT molecular complexity index is 878. The van der Waals surface area contributed by atoms with Crippen LogP contribution in [0.3, 0.4) is 0 Å². The number of amides is 1. The fourth-order valence-corrected chi connectivity index (χ4v) is 2.44. The van der Waals surface area contributed by atoms with Crippen LogP contribution in [0.1, 0.15) is 11.5 Å². The first-order valence-corrected chi connectivity index (χ1v) is 8.05. The van der Waals surface area contributed by atoms with E-state index < -0.39 is 0 Å². The molecule has 0 spiro atoms. The second kappa shape index (κ2) is 8.15. The third-order valence-corrected chi connectivity index (χ3v) is 3.74. The van der Waals surface area contributed by atoms with Crippen molar-refractivity contribution in [3.05, 3.63) is 60.0 Å². The van der Waals surface area contributed by atoms with Crippen molar-refractivity contribution < 1.29 is 18.7 Å². The van der Waals surface area contributed by atoms with Gasteiger partial charge in [0.05, 0.1) is 27.2 Å². The molecular formula is C19H19N3O4. The molecular weight excluding hydrogens is 334 g/mol. The van der Waals surface area contributed by atoms with E-state index in [4.69, 9.17) is 13.9 Å². The van der Waals surface area contributed by atoms with Crippen LogP contribution >= 0.6 is 0 Å². The molecule has 0 atom stereocenters. The largest absolute Gasteiger partial charge is 0.493 e. The Labute approximate surface area is 151 Å². The molecule has 0 aliphatic rings. The number of hydrogen-bond donors (Lipinski definition) is 1. The van der Waals surface area contributed by atoms with Crippen LogP contribution in [0.15, 0.2) is 52.9 Å². The standard InChI is InChI=1S/C19H19N3O4/c1-24-15-9-8-13(10-16(15)25-2)11-17(23)20-12-18-21-22-19(26-18)14-6-4-3-5-7-14/h3-10H,11-12H2,1-2H3,(H,20,23). The number of carbonyl (C=O) groups excluding carboxylic acids is 1. The van der Waals surface area contributed by atoms with E-state index in [9.17, 15) is 4.79 Å². The second-order valence-corrected chi connectivity index (χ2v) is 5.51. The molecule has 3 rings (SSSR count). The SMILES string of the molecule is COc1ccc(CC(=O)NCc2nnc(-c3ccccc3)o2)cc1OC. The lowest BCUT2D eigenvalue weighted by molar-refractivity contribution is -0.120. The minimum absolute atomic E-state index is 0.156. The van der Waals surface area contributed by atoms with Crippen LogP contribution in [-0.2, 0) is 17.8 Å². The Morgan fingerprint density at radius 2 is 1.81 bits per heavy atom. The number of aromatic nitrogens is 2. The third kappa shape index (κ3) is 4.18. The molecule has 0 saturated carbocycles. The Morgan fingerprint density at radius 1 is 1.04 bits per heavy atom. The highest BCUT2D eigenvalue weighted by atomic mass is 16.5. The predicted molar refractivity (Wildman–Crippen MR) is 94.8 cm³/mol. The summed E-state index contributed by atoms with van der Waals surface area (Å²) < 4.78 is 16.0. The number of methoxy groups -OCH3 is 2. The Balaban J connectivity index is 1.57. The number of ether oxygens (including phenoxy) is 2. The predicted octanol–water partition coefficient (Wildman–Crippen LogP) is 2.61. The van der Waals surface area contributed by atoms with Crippen LogP contribution in [0.2, 0.25) is 0 Å². The molecule has 7 nitrogen and oxygen atoms in total. The van der Waals surface area contributed by atoms with Crippen LogP contribution in [0.4, 0.5) is 0 Å². The van der Waals surface area contributed by atoms with Crippen LogP contribution in [0.25, 0.3) is 11.5 Å². The summed E-state index contributed by atoms with van der Waals surface area (Å²) in [6, 6.07) is 14.8. The molecule has 1 N–H and O–H groups in total. The zero-order valence-corrected chi connectivity index (χ0v) is 14.6. The average molecular weight is 353 g/mol. The maximum Gasteiger partial charge on any atom is 0.247 e. The van der Waals surface area contributed by atoms with Gasteiger partial charge in [0.1, 0.15) is 0 Å².